The number of hydrogen-bond acceptors (Lipinski definition) is 14. The van der Waals surface area contributed by atoms with Gasteiger partial charge in [0.05, 0.1) is 26.4 Å². The van der Waals surface area contributed by atoms with E-state index in [1.165, 1.54) is 77.0 Å². The van der Waals surface area contributed by atoms with Gasteiger partial charge >= 0.3 is 33.6 Å². The Kier molecular flexibility index (Phi) is 76.2. The number of allylic oxidation sites excluding steroid dienone is 30. The maximum atomic E-state index is 13.0. The highest BCUT2D eigenvalue weighted by molar-refractivity contribution is 7.47. The highest BCUT2D eigenvalue weighted by Gasteiger charge is 2.29. The Labute approximate surface area is 649 Å². The molecular formula is C89H146O16P2. The van der Waals surface area contributed by atoms with E-state index in [9.17, 15) is 43.5 Å². The van der Waals surface area contributed by atoms with Crippen LogP contribution in [0.5, 0.6) is 0 Å². The molecule has 0 saturated carbocycles. The third-order valence-corrected chi connectivity index (χ3v) is 18.5. The van der Waals surface area contributed by atoms with Crippen molar-refractivity contribution >= 4 is 33.6 Å². The number of unbranched alkanes of at least 4 members (excludes halogenated alkanes) is 23. The molecule has 0 fully saturated rings. The van der Waals surface area contributed by atoms with Crippen LogP contribution in [-0.4, -0.2) is 95.9 Å². The van der Waals surface area contributed by atoms with Crippen LogP contribution >= 0.6 is 15.6 Å². The number of esters is 3. The Balaban J connectivity index is 4.59. The van der Waals surface area contributed by atoms with E-state index >= 15 is 0 Å². The largest absolute Gasteiger partial charge is 0.472 e. The molecule has 0 heterocycles. The SMILES string of the molecule is CC/C=C\C/C=C\C/C=C\C/C=C\C/C=C\C/C=C\CCCCCCC(=O)OCC(COP(=O)(O)OCC(O)COP(=O)(O)OCC(O)COC(=O)CCCCCCCCCCCCCCCCC/C=C\C/C=C\C/C=C\C/C=C\C/C=C\CC)OC(=O)CCCCCC/C=C\C/C=C\C/C=C\C/C=C\CC. The van der Waals surface area contributed by atoms with Crippen molar-refractivity contribution in [1.82, 2.24) is 0 Å². The van der Waals surface area contributed by atoms with E-state index < -0.39 is 91.5 Å². The van der Waals surface area contributed by atoms with Gasteiger partial charge in [-0.3, -0.25) is 32.5 Å². The molecule has 0 radical (unpaired) electrons. The summed E-state index contributed by atoms with van der Waals surface area (Å²) in [5.74, 6) is -1.64. The second-order valence-electron chi connectivity index (χ2n) is 26.8. The highest BCUT2D eigenvalue weighted by Crippen LogP contribution is 2.45. The van der Waals surface area contributed by atoms with Crippen molar-refractivity contribution in [3.8, 4) is 0 Å². The van der Waals surface area contributed by atoms with Gasteiger partial charge in [0.15, 0.2) is 6.10 Å². The Hall–Kier alpha value is -5.35. The summed E-state index contributed by atoms with van der Waals surface area (Å²) in [6, 6.07) is 0. The molecule has 0 amide bonds. The third kappa shape index (κ3) is 81.5. The van der Waals surface area contributed by atoms with Gasteiger partial charge in [0.25, 0.3) is 0 Å². The van der Waals surface area contributed by atoms with Crippen molar-refractivity contribution in [2.45, 2.75) is 322 Å². The molecule has 0 spiro atoms. The van der Waals surface area contributed by atoms with E-state index in [2.05, 4.69) is 203 Å². The summed E-state index contributed by atoms with van der Waals surface area (Å²) in [6.07, 6.45) is 104. The fourth-order valence-electron chi connectivity index (χ4n) is 10.5. The van der Waals surface area contributed by atoms with E-state index in [4.69, 9.17) is 32.3 Å². The molecule has 0 aliphatic rings. The van der Waals surface area contributed by atoms with E-state index in [0.29, 0.717) is 19.3 Å². The second-order valence-corrected chi connectivity index (χ2v) is 29.7. The van der Waals surface area contributed by atoms with Gasteiger partial charge in [0.2, 0.25) is 0 Å². The normalized spacial score (nSPS) is 14.9. The lowest BCUT2D eigenvalue weighted by Gasteiger charge is -2.21. The van der Waals surface area contributed by atoms with Gasteiger partial charge in [-0.2, -0.15) is 0 Å². The number of hydrogen-bond donors (Lipinski definition) is 4. The van der Waals surface area contributed by atoms with Gasteiger partial charge < -0.3 is 34.2 Å². The van der Waals surface area contributed by atoms with E-state index in [1.54, 1.807) is 0 Å². The number of phosphoric ester groups is 2. The Bertz CT molecular complexity index is 2670. The van der Waals surface area contributed by atoms with E-state index in [-0.39, 0.29) is 19.3 Å². The van der Waals surface area contributed by atoms with Gasteiger partial charge in [-0.15, -0.1) is 0 Å². The van der Waals surface area contributed by atoms with Crippen molar-refractivity contribution in [2.75, 3.05) is 39.6 Å². The predicted octanol–water partition coefficient (Wildman–Crippen LogP) is 24.5. The zero-order chi connectivity index (χ0) is 78.0. The second kappa shape index (κ2) is 80.2. The summed E-state index contributed by atoms with van der Waals surface area (Å²) >= 11 is 0. The fraction of sp³-hybridized carbons (Fsp3) is 0.629. The lowest BCUT2D eigenvalue weighted by atomic mass is 10.0. The summed E-state index contributed by atoms with van der Waals surface area (Å²) in [7, 11) is -9.82. The first-order valence-electron chi connectivity index (χ1n) is 41.1. The zero-order valence-corrected chi connectivity index (χ0v) is 68.3. The minimum atomic E-state index is -4.95. The number of ether oxygens (including phenoxy) is 3. The number of phosphoric acid groups is 2. The van der Waals surface area contributed by atoms with Gasteiger partial charge in [0, 0.05) is 19.3 Å². The standard InChI is InChI=1S/C89H146O16P2/c1-4-7-10-13-16-19-22-25-28-31-33-35-37-38-39-40-41-42-43-44-46-48-49-52-54-57-60-63-66-69-72-75-87(92)99-78-84(90)79-101-106(95,96)102-80-85(91)81-103-107(97,98)104-83-86(105-89(94)77-74-71-68-65-62-59-56-51-30-27-24-21-18-15-12-9-6-3)82-100-88(93)76-73-70-67-64-61-58-55-53-50-47-45-36-34-32-29-26-23-20-17-14-11-8-5-2/h7-12,16-21,25-30,33-36,38-39,47,50,55-56,58-59,84-86,90-91H,4-6,13-15,22-24,31-32,37,40-46,48-49,51-54,57,60-83H2,1-3H3,(H,95,96)(H,97,98)/b10-7-,11-8-,12-9-,19-16-,20-17-,21-18-,28-25-,29-26-,30-27-,35-33-,36-34-,39-38-,50-47-,58-55-,59-56-. The van der Waals surface area contributed by atoms with E-state index in [1.807, 2.05) is 0 Å². The minimum absolute atomic E-state index is 0.0639. The van der Waals surface area contributed by atoms with Crippen LogP contribution in [0.15, 0.2) is 182 Å². The molecule has 0 aliphatic carbocycles. The predicted molar refractivity (Wildman–Crippen MR) is 445 cm³/mol. The molecule has 608 valence electrons. The number of aliphatic hydroxyl groups excluding tert-OH is 2. The molecule has 16 nitrogen and oxygen atoms in total. The Morgan fingerprint density at radius 3 is 0.738 bits per heavy atom. The third-order valence-electron chi connectivity index (χ3n) is 16.6. The first-order chi connectivity index (χ1) is 52.2. The average molecular weight is 1530 g/mol. The van der Waals surface area contributed by atoms with E-state index in [0.717, 1.165) is 167 Å². The van der Waals surface area contributed by atoms with Crippen LogP contribution in [0.4, 0.5) is 0 Å². The van der Waals surface area contributed by atoms with Crippen LogP contribution in [0, 0.1) is 0 Å². The van der Waals surface area contributed by atoms with Crippen LogP contribution in [-0.2, 0) is 55.8 Å². The van der Waals surface area contributed by atoms with Crippen molar-refractivity contribution in [2.24, 2.45) is 0 Å². The van der Waals surface area contributed by atoms with Crippen LogP contribution in [0.3, 0.4) is 0 Å². The number of rotatable bonds is 76. The first kappa shape index (κ1) is 102. The molecule has 0 aromatic rings. The van der Waals surface area contributed by atoms with Crippen molar-refractivity contribution in [1.29, 1.82) is 0 Å². The van der Waals surface area contributed by atoms with Crippen LogP contribution in [0.1, 0.15) is 303 Å². The molecule has 0 bridgehead atoms. The van der Waals surface area contributed by atoms with Crippen molar-refractivity contribution in [3.63, 3.8) is 0 Å². The lowest BCUT2D eigenvalue weighted by molar-refractivity contribution is -0.161. The molecule has 0 aliphatic heterocycles. The van der Waals surface area contributed by atoms with Gasteiger partial charge in [-0.1, -0.05) is 312 Å². The molecule has 5 atom stereocenters. The first-order valence-corrected chi connectivity index (χ1v) is 44.1. The average Bonchev–Trinajstić information content (AvgIpc) is 0.927. The zero-order valence-electron chi connectivity index (χ0n) is 66.5. The van der Waals surface area contributed by atoms with Crippen LogP contribution in [0.25, 0.3) is 0 Å². The lowest BCUT2D eigenvalue weighted by Crippen LogP contribution is -2.30. The van der Waals surface area contributed by atoms with Crippen LogP contribution < -0.4 is 0 Å². The fourth-order valence-corrected chi connectivity index (χ4v) is 12.1. The summed E-state index contributed by atoms with van der Waals surface area (Å²) in [6.45, 7) is 2.27. The Morgan fingerprint density at radius 2 is 0.467 bits per heavy atom. The topological polar surface area (TPSA) is 231 Å². The quantitative estimate of drug-likeness (QED) is 0.0146. The molecule has 5 unspecified atom stereocenters. The molecule has 0 aromatic heterocycles. The maximum Gasteiger partial charge on any atom is 0.472 e. The summed E-state index contributed by atoms with van der Waals surface area (Å²) in [5, 5.41) is 20.7. The van der Waals surface area contributed by atoms with Crippen molar-refractivity contribution < 1.29 is 75.8 Å². The number of carbonyl (C=O) groups excluding carboxylic acids is 3. The highest BCUT2D eigenvalue weighted by atomic mass is 31.2. The molecule has 107 heavy (non-hydrogen) atoms. The number of carbonyl (C=O) groups is 3. The molecule has 0 saturated heterocycles. The summed E-state index contributed by atoms with van der Waals surface area (Å²) in [4.78, 5) is 58.7. The van der Waals surface area contributed by atoms with Gasteiger partial charge in [-0.25, -0.2) is 9.13 Å². The monoisotopic (exact) mass is 1530 g/mol. The smallest absolute Gasteiger partial charge is 0.463 e. The maximum absolute atomic E-state index is 13.0. The molecule has 4 N–H and O–H groups in total. The van der Waals surface area contributed by atoms with Gasteiger partial charge in [-0.05, 0) is 154 Å². The summed E-state index contributed by atoms with van der Waals surface area (Å²) in [5.41, 5.74) is 0. The molecule has 0 rings (SSSR count). The molecular weight excluding hydrogens is 1390 g/mol. The Morgan fingerprint density at radius 1 is 0.262 bits per heavy atom. The molecule has 0 aromatic carbocycles. The molecule has 18 heteroatoms. The van der Waals surface area contributed by atoms with Crippen molar-refractivity contribution in [3.05, 3.63) is 182 Å². The summed E-state index contributed by atoms with van der Waals surface area (Å²) < 4.78 is 61.2. The number of aliphatic hydroxyl groups is 2. The minimum Gasteiger partial charge on any atom is -0.463 e. The van der Waals surface area contributed by atoms with Crippen LogP contribution in [0.2, 0.25) is 0 Å². The van der Waals surface area contributed by atoms with Gasteiger partial charge in [0.1, 0.15) is 25.4 Å².